The zero-order valence-corrected chi connectivity index (χ0v) is 21.9. The van der Waals surface area contributed by atoms with Crippen molar-refractivity contribution in [1.29, 1.82) is 0 Å². The number of likely N-dealkylation sites (N-methyl/N-ethyl adjacent to an activating group) is 2. The fourth-order valence-electron chi connectivity index (χ4n) is 4.10. The maximum atomic E-state index is 12.2. The number of hydrogen-bond donors (Lipinski definition) is 3. The minimum absolute atomic E-state index is 0.294. The Hall–Kier alpha value is -4.37. The van der Waals surface area contributed by atoms with Gasteiger partial charge in [0.15, 0.2) is 0 Å². The number of aryl methyl sites for hydroxylation is 1. The normalized spacial score (nSPS) is 11.0. The van der Waals surface area contributed by atoms with Gasteiger partial charge in [-0.25, -0.2) is 9.97 Å². The van der Waals surface area contributed by atoms with Crippen LogP contribution in [0.4, 0.5) is 22.9 Å². The van der Waals surface area contributed by atoms with Gasteiger partial charge in [0.25, 0.3) is 0 Å². The van der Waals surface area contributed by atoms with E-state index in [9.17, 15) is 4.79 Å². The summed E-state index contributed by atoms with van der Waals surface area (Å²) in [6.45, 7) is 7.06. The van der Waals surface area contributed by atoms with Gasteiger partial charge in [0, 0.05) is 54.9 Å². The zero-order valence-electron chi connectivity index (χ0n) is 21.9. The maximum absolute atomic E-state index is 12.2. The Bertz CT molecular complexity index is 1430. The number of nitrogens with one attached hydrogen (secondary N) is 3. The van der Waals surface area contributed by atoms with Crippen molar-refractivity contribution in [3.63, 3.8) is 0 Å². The van der Waals surface area contributed by atoms with Crippen molar-refractivity contribution in [2.75, 3.05) is 56.9 Å². The number of methoxy groups -OCH3 is 1. The van der Waals surface area contributed by atoms with Crippen LogP contribution in [0.5, 0.6) is 5.75 Å². The van der Waals surface area contributed by atoms with Crippen LogP contribution in [0.1, 0.15) is 5.82 Å². The molecule has 0 bridgehead atoms. The minimum atomic E-state index is -0.294. The molecule has 0 aliphatic heterocycles. The van der Waals surface area contributed by atoms with E-state index >= 15 is 0 Å². The van der Waals surface area contributed by atoms with Gasteiger partial charge in [-0.05, 0) is 39.2 Å². The third kappa shape index (κ3) is 5.90. The number of aromatic amines is 1. The first-order chi connectivity index (χ1) is 17.8. The molecule has 0 spiro atoms. The van der Waals surface area contributed by atoms with Gasteiger partial charge in [-0.1, -0.05) is 24.8 Å². The van der Waals surface area contributed by atoms with Crippen molar-refractivity contribution in [3.8, 4) is 17.0 Å². The largest absolute Gasteiger partial charge is 0.494 e. The van der Waals surface area contributed by atoms with Gasteiger partial charge in [-0.15, -0.1) is 0 Å². The summed E-state index contributed by atoms with van der Waals surface area (Å²) in [6.07, 6.45) is 3.21. The van der Waals surface area contributed by atoms with Crippen LogP contribution in [0, 0.1) is 6.92 Å². The summed E-state index contributed by atoms with van der Waals surface area (Å²) in [5.41, 5.74) is 4.96. The number of benzene rings is 2. The molecule has 2 heterocycles. The third-order valence-corrected chi connectivity index (χ3v) is 6.02. The van der Waals surface area contributed by atoms with E-state index in [0.717, 1.165) is 40.9 Å². The summed E-state index contributed by atoms with van der Waals surface area (Å²) >= 11 is 0. The van der Waals surface area contributed by atoms with E-state index in [2.05, 4.69) is 48.0 Å². The Morgan fingerprint density at radius 1 is 1.11 bits per heavy atom. The second kappa shape index (κ2) is 11.1. The van der Waals surface area contributed by atoms with E-state index in [4.69, 9.17) is 4.74 Å². The molecular weight excluding hydrogens is 466 g/mol. The van der Waals surface area contributed by atoms with E-state index in [-0.39, 0.29) is 5.91 Å². The monoisotopic (exact) mass is 499 g/mol. The lowest BCUT2D eigenvalue weighted by molar-refractivity contribution is -0.111. The molecular formula is C28H33N7O2. The van der Waals surface area contributed by atoms with Crippen LogP contribution in [0.25, 0.3) is 22.2 Å². The molecule has 1 amide bonds. The fraction of sp³-hybridized carbons (Fsp3) is 0.250. The molecule has 0 radical (unpaired) electrons. The second-order valence-corrected chi connectivity index (χ2v) is 9.05. The highest BCUT2D eigenvalue weighted by Crippen LogP contribution is 2.38. The molecule has 4 aromatic rings. The highest BCUT2D eigenvalue weighted by atomic mass is 16.5. The maximum Gasteiger partial charge on any atom is 0.247 e. The second-order valence-electron chi connectivity index (χ2n) is 9.05. The molecule has 0 atom stereocenters. The Kier molecular flexibility index (Phi) is 7.74. The van der Waals surface area contributed by atoms with Crippen LogP contribution < -0.4 is 20.3 Å². The van der Waals surface area contributed by atoms with Gasteiger partial charge in [0.05, 0.1) is 29.9 Å². The first-order valence-corrected chi connectivity index (χ1v) is 12.0. The van der Waals surface area contributed by atoms with Crippen molar-refractivity contribution in [2.24, 2.45) is 0 Å². The molecule has 0 unspecified atom stereocenters. The number of amides is 1. The number of ether oxygens (including phenoxy) is 1. The van der Waals surface area contributed by atoms with Crippen molar-refractivity contribution in [3.05, 3.63) is 67.1 Å². The molecule has 37 heavy (non-hydrogen) atoms. The number of fused-ring (bicyclic) bond motifs is 1. The smallest absolute Gasteiger partial charge is 0.247 e. The van der Waals surface area contributed by atoms with Crippen LogP contribution in [-0.4, -0.2) is 67.1 Å². The van der Waals surface area contributed by atoms with Crippen LogP contribution in [0.2, 0.25) is 0 Å². The van der Waals surface area contributed by atoms with E-state index < -0.39 is 0 Å². The average molecular weight is 500 g/mol. The van der Waals surface area contributed by atoms with Crippen LogP contribution in [0.3, 0.4) is 0 Å². The third-order valence-electron chi connectivity index (χ3n) is 6.02. The van der Waals surface area contributed by atoms with E-state index in [1.165, 1.54) is 6.08 Å². The van der Waals surface area contributed by atoms with Crippen molar-refractivity contribution >= 4 is 39.7 Å². The van der Waals surface area contributed by atoms with E-state index in [0.29, 0.717) is 28.8 Å². The average Bonchev–Trinajstić information content (AvgIpc) is 3.31. The SMILES string of the molecule is C=CC(=O)Nc1cc(Nc2cc(-c3c[nH]c4ccccc34)nc(C)n2)c(OC)cc1N(C)CCN(C)C. The summed E-state index contributed by atoms with van der Waals surface area (Å²) in [4.78, 5) is 29.0. The number of rotatable bonds is 10. The molecule has 0 fully saturated rings. The fourth-order valence-corrected chi connectivity index (χ4v) is 4.10. The number of para-hydroxylation sites is 1. The predicted octanol–water partition coefficient (Wildman–Crippen LogP) is 4.81. The number of aromatic nitrogens is 3. The Labute approximate surface area is 217 Å². The molecule has 2 aromatic carbocycles. The minimum Gasteiger partial charge on any atom is -0.494 e. The molecule has 0 aliphatic carbocycles. The van der Waals surface area contributed by atoms with Gasteiger partial charge in [0.2, 0.25) is 5.91 Å². The lowest BCUT2D eigenvalue weighted by Gasteiger charge is -2.26. The number of nitrogens with zero attached hydrogens (tertiary/aromatic N) is 4. The Morgan fingerprint density at radius 3 is 2.62 bits per heavy atom. The highest BCUT2D eigenvalue weighted by molar-refractivity contribution is 6.02. The lowest BCUT2D eigenvalue weighted by Crippen LogP contribution is -2.29. The topological polar surface area (TPSA) is 98.4 Å². The summed E-state index contributed by atoms with van der Waals surface area (Å²) in [5, 5.41) is 7.39. The first-order valence-electron chi connectivity index (χ1n) is 12.0. The quantitative estimate of drug-likeness (QED) is 0.269. The molecule has 9 heteroatoms. The summed E-state index contributed by atoms with van der Waals surface area (Å²) < 4.78 is 5.73. The number of hydrogen-bond acceptors (Lipinski definition) is 7. The highest BCUT2D eigenvalue weighted by Gasteiger charge is 2.17. The Balaban J connectivity index is 1.73. The van der Waals surface area contributed by atoms with Crippen LogP contribution in [0.15, 0.2) is 61.3 Å². The number of anilines is 4. The summed E-state index contributed by atoms with van der Waals surface area (Å²) in [6, 6.07) is 13.8. The molecule has 0 saturated heterocycles. The van der Waals surface area contributed by atoms with Gasteiger partial charge in [-0.2, -0.15) is 0 Å². The Morgan fingerprint density at radius 2 is 1.89 bits per heavy atom. The molecule has 4 rings (SSSR count). The summed E-state index contributed by atoms with van der Waals surface area (Å²) in [7, 11) is 7.65. The standard InChI is InChI=1S/C28H33N7O2/c1-7-28(36)33-23-14-24(26(37-6)16-25(23)35(5)13-12-34(3)4)32-27-15-22(30-18(2)31-27)20-17-29-21-11-9-8-10-19(20)21/h7-11,14-17,29H,1,12-13H2,2-6H3,(H,33,36)(H,30,31,32). The number of carbonyl (C=O) groups is 1. The van der Waals surface area contributed by atoms with Gasteiger partial charge < -0.3 is 30.2 Å². The molecule has 2 aromatic heterocycles. The van der Waals surface area contributed by atoms with E-state index in [1.54, 1.807) is 7.11 Å². The molecule has 0 aliphatic rings. The molecule has 9 nitrogen and oxygen atoms in total. The molecule has 192 valence electrons. The van der Waals surface area contributed by atoms with Crippen LogP contribution >= 0.6 is 0 Å². The predicted molar refractivity (Wildman–Crippen MR) is 151 cm³/mol. The van der Waals surface area contributed by atoms with Gasteiger partial charge in [-0.3, -0.25) is 4.79 Å². The van der Waals surface area contributed by atoms with Crippen LogP contribution in [-0.2, 0) is 4.79 Å². The first kappa shape index (κ1) is 25.7. The van der Waals surface area contributed by atoms with E-state index in [1.807, 2.05) is 70.7 Å². The molecule has 3 N–H and O–H groups in total. The molecule has 0 saturated carbocycles. The zero-order chi connectivity index (χ0) is 26.5. The van der Waals surface area contributed by atoms with Crippen molar-refractivity contribution < 1.29 is 9.53 Å². The van der Waals surface area contributed by atoms with Gasteiger partial charge in [0.1, 0.15) is 17.4 Å². The number of H-pyrrole nitrogens is 1. The van der Waals surface area contributed by atoms with Crippen molar-refractivity contribution in [1.82, 2.24) is 19.9 Å². The lowest BCUT2D eigenvalue weighted by atomic mass is 10.1. The number of carbonyl (C=O) groups excluding carboxylic acids is 1. The van der Waals surface area contributed by atoms with Gasteiger partial charge >= 0.3 is 0 Å². The van der Waals surface area contributed by atoms with Crippen molar-refractivity contribution in [2.45, 2.75) is 6.92 Å². The summed E-state index contributed by atoms with van der Waals surface area (Å²) in [5.74, 6) is 1.57.